The van der Waals surface area contributed by atoms with Crippen LogP contribution < -0.4 is 15.1 Å². The van der Waals surface area contributed by atoms with Crippen LogP contribution in [0, 0.1) is 6.92 Å². The number of carbonyl (C=O) groups is 1. The second-order valence-electron chi connectivity index (χ2n) is 7.90. The Hall–Kier alpha value is -3.64. The van der Waals surface area contributed by atoms with Gasteiger partial charge in [0.2, 0.25) is 5.76 Å². The predicted octanol–water partition coefficient (Wildman–Crippen LogP) is 6.18. The van der Waals surface area contributed by atoms with E-state index in [9.17, 15) is 9.59 Å². The van der Waals surface area contributed by atoms with Crippen molar-refractivity contribution >= 4 is 38.5 Å². The summed E-state index contributed by atoms with van der Waals surface area (Å²) in [6, 6.07) is 19.6. The number of hydrogen-bond donors (Lipinski definition) is 0. The molecule has 0 fully saturated rings. The number of benzene rings is 3. The average Bonchev–Trinajstić information content (AvgIpc) is 3.11. The lowest BCUT2D eigenvalue weighted by Crippen LogP contribution is -2.29. The van der Waals surface area contributed by atoms with Crippen molar-refractivity contribution < 1.29 is 13.9 Å². The summed E-state index contributed by atoms with van der Waals surface area (Å²) < 4.78 is 12.5. The van der Waals surface area contributed by atoms with Crippen molar-refractivity contribution in [2.45, 2.75) is 13.0 Å². The number of halogens is 1. The van der Waals surface area contributed by atoms with E-state index in [4.69, 9.17) is 9.15 Å². The molecule has 0 N–H and O–H groups in total. The monoisotopic (exact) mass is 501 g/mol. The van der Waals surface area contributed by atoms with Gasteiger partial charge in [0.05, 0.1) is 17.0 Å². The van der Waals surface area contributed by atoms with Gasteiger partial charge < -0.3 is 9.15 Å². The third-order valence-electron chi connectivity index (χ3n) is 5.69. The van der Waals surface area contributed by atoms with E-state index >= 15 is 0 Å². The molecule has 6 heteroatoms. The van der Waals surface area contributed by atoms with Gasteiger partial charge in [-0.1, -0.05) is 58.4 Å². The van der Waals surface area contributed by atoms with E-state index in [2.05, 4.69) is 22.5 Å². The van der Waals surface area contributed by atoms with Crippen LogP contribution in [0.2, 0.25) is 0 Å². The minimum Gasteiger partial charge on any atom is -0.490 e. The van der Waals surface area contributed by atoms with Crippen molar-refractivity contribution in [1.82, 2.24) is 0 Å². The van der Waals surface area contributed by atoms with Crippen molar-refractivity contribution in [2.24, 2.45) is 0 Å². The Morgan fingerprint density at radius 3 is 2.64 bits per heavy atom. The van der Waals surface area contributed by atoms with Gasteiger partial charge in [0.15, 0.2) is 5.43 Å². The molecule has 0 aliphatic carbocycles. The van der Waals surface area contributed by atoms with Crippen LogP contribution in [-0.2, 0) is 0 Å². The predicted molar refractivity (Wildman–Crippen MR) is 132 cm³/mol. The van der Waals surface area contributed by atoms with E-state index in [1.165, 1.54) is 0 Å². The largest absolute Gasteiger partial charge is 0.490 e. The van der Waals surface area contributed by atoms with E-state index < -0.39 is 6.04 Å². The molecule has 1 aromatic heterocycles. The molecule has 33 heavy (non-hydrogen) atoms. The van der Waals surface area contributed by atoms with E-state index in [1.54, 1.807) is 29.2 Å². The van der Waals surface area contributed by atoms with Gasteiger partial charge in [-0.15, -0.1) is 0 Å². The molecular weight excluding hydrogens is 482 g/mol. The summed E-state index contributed by atoms with van der Waals surface area (Å²) in [5.74, 6) is 0.348. The summed E-state index contributed by atoms with van der Waals surface area (Å²) in [5.41, 5.74) is 2.99. The quantitative estimate of drug-likeness (QED) is 0.306. The molecule has 2 heterocycles. The van der Waals surface area contributed by atoms with Gasteiger partial charge in [0.1, 0.15) is 17.9 Å². The molecule has 1 unspecified atom stereocenters. The van der Waals surface area contributed by atoms with Crippen LogP contribution in [0.4, 0.5) is 5.69 Å². The van der Waals surface area contributed by atoms with Crippen LogP contribution in [0.3, 0.4) is 0 Å². The molecular formula is C27H20BrNO4. The number of amides is 1. The standard InChI is InChI=1S/C27H20BrNO4/c1-3-13-32-20-6-4-5-17(14-20)24-23-25(30)21-15-18(28)9-12-22(21)33-26(23)27(31)29(24)19-10-7-16(2)8-11-19/h3-12,14-15,24H,1,13H2,2H3. The molecule has 1 aliphatic heterocycles. The lowest BCUT2D eigenvalue weighted by atomic mass is 9.98. The maximum absolute atomic E-state index is 13.7. The fourth-order valence-corrected chi connectivity index (χ4v) is 4.52. The number of anilines is 1. The van der Waals surface area contributed by atoms with Gasteiger partial charge in [-0.2, -0.15) is 0 Å². The highest BCUT2D eigenvalue weighted by Gasteiger charge is 2.43. The summed E-state index contributed by atoms with van der Waals surface area (Å²) in [6.45, 7) is 6.02. The molecule has 0 spiro atoms. The Morgan fingerprint density at radius 1 is 1.09 bits per heavy atom. The van der Waals surface area contributed by atoms with Crippen LogP contribution in [0.15, 0.2) is 93.1 Å². The zero-order valence-corrected chi connectivity index (χ0v) is 19.5. The minimum absolute atomic E-state index is 0.0674. The molecule has 3 aromatic carbocycles. The summed E-state index contributed by atoms with van der Waals surface area (Å²) in [4.78, 5) is 28.9. The SMILES string of the molecule is C=CCOc1cccc(C2c3c(oc4ccc(Br)cc4c3=O)C(=O)N2c2ccc(C)cc2)c1. The molecule has 1 atom stereocenters. The summed E-state index contributed by atoms with van der Waals surface area (Å²) in [5, 5.41) is 0.422. The molecule has 164 valence electrons. The van der Waals surface area contributed by atoms with Crippen LogP contribution in [0.1, 0.15) is 33.3 Å². The Labute approximate surface area is 199 Å². The Kier molecular flexibility index (Phi) is 5.38. The smallest absolute Gasteiger partial charge is 0.295 e. The van der Waals surface area contributed by atoms with Crippen molar-refractivity contribution in [3.05, 3.63) is 117 Å². The van der Waals surface area contributed by atoms with Crippen molar-refractivity contribution in [2.75, 3.05) is 11.5 Å². The Balaban J connectivity index is 1.76. The topological polar surface area (TPSA) is 59.8 Å². The fourth-order valence-electron chi connectivity index (χ4n) is 4.16. The first-order chi connectivity index (χ1) is 16.0. The number of rotatable bonds is 5. The minimum atomic E-state index is -0.651. The first kappa shape index (κ1) is 21.2. The molecule has 1 aliphatic rings. The van der Waals surface area contributed by atoms with Gasteiger partial charge in [-0.3, -0.25) is 14.5 Å². The zero-order valence-electron chi connectivity index (χ0n) is 17.9. The van der Waals surface area contributed by atoms with Crippen molar-refractivity contribution in [1.29, 1.82) is 0 Å². The Bertz CT molecular complexity index is 1460. The average molecular weight is 502 g/mol. The number of nitrogens with zero attached hydrogens (tertiary/aromatic N) is 1. The molecule has 0 saturated carbocycles. The van der Waals surface area contributed by atoms with Crippen LogP contribution in [-0.4, -0.2) is 12.5 Å². The van der Waals surface area contributed by atoms with E-state index in [-0.39, 0.29) is 17.1 Å². The molecule has 5 rings (SSSR count). The highest BCUT2D eigenvalue weighted by atomic mass is 79.9. The first-order valence-corrected chi connectivity index (χ1v) is 11.3. The number of ether oxygens (including phenoxy) is 1. The van der Waals surface area contributed by atoms with Gasteiger partial charge in [-0.05, 0) is 55.0 Å². The van der Waals surface area contributed by atoms with Gasteiger partial charge in [-0.25, -0.2) is 0 Å². The lowest BCUT2D eigenvalue weighted by Gasteiger charge is -2.25. The molecule has 1 amide bonds. The Morgan fingerprint density at radius 2 is 1.88 bits per heavy atom. The van der Waals surface area contributed by atoms with Gasteiger partial charge in [0, 0.05) is 10.2 Å². The second-order valence-corrected chi connectivity index (χ2v) is 8.82. The van der Waals surface area contributed by atoms with Gasteiger partial charge in [0.25, 0.3) is 5.91 Å². The molecule has 5 nitrogen and oxygen atoms in total. The van der Waals surface area contributed by atoms with Crippen molar-refractivity contribution in [3.63, 3.8) is 0 Å². The van der Waals surface area contributed by atoms with Crippen LogP contribution in [0.5, 0.6) is 5.75 Å². The number of carbonyl (C=O) groups excluding carboxylic acids is 1. The maximum Gasteiger partial charge on any atom is 0.295 e. The zero-order chi connectivity index (χ0) is 23.1. The third-order valence-corrected chi connectivity index (χ3v) is 6.18. The third kappa shape index (κ3) is 3.66. The molecule has 4 aromatic rings. The maximum atomic E-state index is 13.7. The van der Waals surface area contributed by atoms with E-state index in [0.717, 1.165) is 15.6 Å². The summed E-state index contributed by atoms with van der Waals surface area (Å²) in [7, 11) is 0. The first-order valence-electron chi connectivity index (χ1n) is 10.5. The van der Waals surface area contributed by atoms with E-state index in [1.807, 2.05) is 55.5 Å². The highest BCUT2D eigenvalue weighted by Crippen LogP contribution is 2.42. The number of aryl methyl sites for hydroxylation is 1. The summed E-state index contributed by atoms with van der Waals surface area (Å²) >= 11 is 3.43. The summed E-state index contributed by atoms with van der Waals surface area (Å²) in [6.07, 6.45) is 1.66. The van der Waals surface area contributed by atoms with Crippen LogP contribution in [0.25, 0.3) is 11.0 Å². The molecule has 0 radical (unpaired) electrons. The fraction of sp³-hybridized carbons (Fsp3) is 0.111. The normalized spacial score (nSPS) is 15.0. The number of hydrogen-bond acceptors (Lipinski definition) is 4. The van der Waals surface area contributed by atoms with Gasteiger partial charge >= 0.3 is 0 Å². The molecule has 0 saturated heterocycles. The lowest BCUT2D eigenvalue weighted by molar-refractivity contribution is 0.0971. The highest BCUT2D eigenvalue weighted by molar-refractivity contribution is 9.10. The molecule has 0 bridgehead atoms. The van der Waals surface area contributed by atoms with Crippen LogP contribution >= 0.6 is 15.9 Å². The number of fused-ring (bicyclic) bond motifs is 2. The van der Waals surface area contributed by atoms with Crippen molar-refractivity contribution in [3.8, 4) is 5.75 Å². The second kappa shape index (κ2) is 8.37. The van der Waals surface area contributed by atoms with E-state index in [0.29, 0.717) is 34.6 Å².